The number of carbonyl (C=O) groups excluding carboxylic acids is 1. The van der Waals surface area contributed by atoms with Crippen molar-refractivity contribution in [1.29, 1.82) is 0 Å². The van der Waals surface area contributed by atoms with Gasteiger partial charge >= 0.3 is 5.69 Å². The van der Waals surface area contributed by atoms with Crippen molar-refractivity contribution in [2.75, 3.05) is 5.32 Å². The van der Waals surface area contributed by atoms with Gasteiger partial charge in [-0.15, -0.1) is 0 Å². The molecule has 8 heteroatoms. The van der Waals surface area contributed by atoms with E-state index in [1.54, 1.807) is 24.3 Å². The van der Waals surface area contributed by atoms with Crippen LogP contribution >= 0.6 is 0 Å². The molecule has 0 unspecified atom stereocenters. The molecule has 27 heavy (non-hydrogen) atoms. The zero-order valence-corrected chi connectivity index (χ0v) is 15.7. The number of anilines is 1. The van der Waals surface area contributed by atoms with E-state index in [2.05, 4.69) is 15.3 Å². The van der Waals surface area contributed by atoms with Crippen LogP contribution in [0.4, 0.5) is 11.4 Å². The molecule has 0 atom stereocenters. The molecule has 1 aromatic carbocycles. The van der Waals surface area contributed by atoms with Gasteiger partial charge in [0.1, 0.15) is 5.56 Å². The van der Waals surface area contributed by atoms with E-state index < -0.39 is 11.2 Å². The molecule has 8 nitrogen and oxygen atoms in total. The molecule has 2 aromatic rings. The van der Waals surface area contributed by atoms with Crippen molar-refractivity contribution in [2.24, 2.45) is 4.99 Å². The Hall–Kier alpha value is -3.16. The smallest absolute Gasteiger partial charge is 0.331 e. The molecule has 0 saturated carbocycles. The molecule has 0 fully saturated rings. The second kappa shape index (κ2) is 8.98. The predicted octanol–water partition coefficient (Wildman–Crippen LogP) is 2.53. The highest BCUT2D eigenvalue weighted by atomic mass is 16.3. The first-order valence-electron chi connectivity index (χ1n) is 8.89. The molecule has 144 valence electrons. The number of aromatic hydroxyl groups is 1. The third-order valence-corrected chi connectivity index (χ3v) is 3.98. The van der Waals surface area contributed by atoms with Gasteiger partial charge in [0.05, 0.1) is 11.4 Å². The number of rotatable bonds is 7. The fraction of sp³-hybridized carbons (Fsp3) is 0.368. The molecular formula is C19H24N4O4. The number of amides is 1. The van der Waals surface area contributed by atoms with Gasteiger partial charge in [-0.25, -0.2) is 4.79 Å². The average molecular weight is 372 g/mol. The van der Waals surface area contributed by atoms with E-state index in [9.17, 15) is 19.5 Å². The van der Waals surface area contributed by atoms with Crippen molar-refractivity contribution in [3.05, 3.63) is 50.7 Å². The number of nitrogens with one attached hydrogen (secondary N) is 2. The maximum absolute atomic E-state index is 12.3. The zero-order valence-electron chi connectivity index (χ0n) is 15.7. The Balaban J connectivity index is 2.47. The molecule has 0 aliphatic carbocycles. The number of benzene rings is 1. The van der Waals surface area contributed by atoms with E-state index >= 15 is 0 Å². The summed E-state index contributed by atoms with van der Waals surface area (Å²) in [4.78, 5) is 42.1. The molecule has 1 amide bonds. The van der Waals surface area contributed by atoms with Crippen LogP contribution in [0.3, 0.4) is 0 Å². The van der Waals surface area contributed by atoms with Gasteiger partial charge in [0.2, 0.25) is 11.8 Å². The summed E-state index contributed by atoms with van der Waals surface area (Å²) < 4.78 is 1.16. The predicted molar refractivity (Wildman–Crippen MR) is 105 cm³/mol. The third kappa shape index (κ3) is 4.93. The van der Waals surface area contributed by atoms with Crippen molar-refractivity contribution >= 4 is 23.0 Å². The molecular weight excluding hydrogens is 348 g/mol. The van der Waals surface area contributed by atoms with Crippen molar-refractivity contribution in [3.8, 4) is 5.88 Å². The van der Waals surface area contributed by atoms with Gasteiger partial charge in [-0.1, -0.05) is 20.3 Å². The SMILES string of the molecule is CCCCn1c(O)c(C(CC)=Nc2ccc(NC(C)=O)cc2)c(=O)[nH]c1=O. The summed E-state index contributed by atoms with van der Waals surface area (Å²) in [6.45, 7) is 5.51. The molecule has 1 aromatic heterocycles. The van der Waals surface area contributed by atoms with Crippen LogP contribution in [0.25, 0.3) is 0 Å². The van der Waals surface area contributed by atoms with Crippen LogP contribution in [0.2, 0.25) is 0 Å². The Morgan fingerprint density at radius 2 is 1.89 bits per heavy atom. The number of aliphatic imine (C=N–C) groups is 1. The Bertz CT molecular complexity index is 955. The summed E-state index contributed by atoms with van der Waals surface area (Å²) in [6, 6.07) is 6.78. The third-order valence-electron chi connectivity index (χ3n) is 3.98. The van der Waals surface area contributed by atoms with Gasteiger partial charge in [-0.3, -0.25) is 24.1 Å². The highest BCUT2D eigenvalue weighted by molar-refractivity contribution is 6.03. The van der Waals surface area contributed by atoms with Crippen molar-refractivity contribution in [1.82, 2.24) is 9.55 Å². The van der Waals surface area contributed by atoms with E-state index in [1.165, 1.54) is 6.92 Å². The minimum absolute atomic E-state index is 0.000796. The first-order chi connectivity index (χ1) is 12.9. The van der Waals surface area contributed by atoms with E-state index in [0.29, 0.717) is 36.5 Å². The van der Waals surface area contributed by atoms with Crippen molar-refractivity contribution in [3.63, 3.8) is 0 Å². The van der Waals surface area contributed by atoms with Crippen molar-refractivity contribution in [2.45, 2.75) is 46.6 Å². The first-order valence-corrected chi connectivity index (χ1v) is 8.89. The standard InChI is InChI=1S/C19H24N4O4/c1-4-6-11-23-18(26)16(17(25)22-19(23)27)15(5-2)21-14-9-7-13(8-10-14)20-12(3)24/h7-10,26H,4-6,11H2,1-3H3,(H,20,24)(H,22,25,27). The lowest BCUT2D eigenvalue weighted by Gasteiger charge is -2.12. The quantitative estimate of drug-likeness (QED) is 0.648. The van der Waals surface area contributed by atoms with Crippen LogP contribution in [0.15, 0.2) is 38.8 Å². The molecule has 0 aliphatic rings. The minimum Gasteiger partial charge on any atom is -0.494 e. The summed E-state index contributed by atoms with van der Waals surface area (Å²) >= 11 is 0. The zero-order chi connectivity index (χ0) is 20.0. The molecule has 0 radical (unpaired) electrons. The van der Waals surface area contributed by atoms with Crippen LogP contribution in [0.5, 0.6) is 5.88 Å². The molecule has 3 N–H and O–H groups in total. The van der Waals surface area contributed by atoms with Gasteiger partial charge < -0.3 is 10.4 Å². The highest BCUT2D eigenvalue weighted by Crippen LogP contribution is 2.20. The van der Waals surface area contributed by atoms with Gasteiger partial charge in [0.25, 0.3) is 5.56 Å². The van der Waals surface area contributed by atoms with E-state index in [-0.39, 0.29) is 17.4 Å². The fourth-order valence-corrected chi connectivity index (χ4v) is 2.63. The number of carbonyl (C=O) groups is 1. The maximum atomic E-state index is 12.3. The van der Waals surface area contributed by atoms with E-state index in [1.807, 2.05) is 13.8 Å². The van der Waals surface area contributed by atoms with Crippen LogP contribution in [0, 0.1) is 0 Å². The minimum atomic E-state index is -0.666. The van der Waals surface area contributed by atoms with Gasteiger partial charge in [-0.05, 0) is 37.1 Å². The highest BCUT2D eigenvalue weighted by Gasteiger charge is 2.18. The van der Waals surface area contributed by atoms with Crippen LogP contribution in [-0.4, -0.2) is 26.3 Å². The maximum Gasteiger partial charge on any atom is 0.331 e. The summed E-state index contributed by atoms with van der Waals surface area (Å²) in [6.07, 6.45) is 1.92. The van der Waals surface area contributed by atoms with E-state index in [4.69, 9.17) is 0 Å². The average Bonchev–Trinajstić information content (AvgIpc) is 2.61. The number of aromatic amines is 1. The molecule has 1 heterocycles. The first kappa shape index (κ1) is 20.2. The number of hydrogen-bond donors (Lipinski definition) is 3. The lowest BCUT2D eigenvalue weighted by atomic mass is 10.1. The molecule has 0 bridgehead atoms. The van der Waals surface area contributed by atoms with E-state index in [0.717, 1.165) is 11.0 Å². The van der Waals surface area contributed by atoms with Gasteiger partial charge in [-0.2, -0.15) is 0 Å². The monoisotopic (exact) mass is 372 g/mol. The van der Waals surface area contributed by atoms with Gasteiger partial charge in [0.15, 0.2) is 0 Å². The summed E-state index contributed by atoms with van der Waals surface area (Å²) in [5.41, 5.74) is 0.260. The molecule has 0 aliphatic heterocycles. The Morgan fingerprint density at radius 1 is 1.22 bits per heavy atom. The Morgan fingerprint density at radius 3 is 2.44 bits per heavy atom. The molecule has 0 spiro atoms. The lowest BCUT2D eigenvalue weighted by Crippen LogP contribution is -2.34. The lowest BCUT2D eigenvalue weighted by molar-refractivity contribution is -0.114. The van der Waals surface area contributed by atoms with Crippen LogP contribution < -0.4 is 16.6 Å². The van der Waals surface area contributed by atoms with Crippen molar-refractivity contribution < 1.29 is 9.90 Å². The Labute approximate surface area is 156 Å². The largest absolute Gasteiger partial charge is 0.494 e. The summed E-state index contributed by atoms with van der Waals surface area (Å²) in [7, 11) is 0. The van der Waals surface area contributed by atoms with Crippen LogP contribution in [-0.2, 0) is 11.3 Å². The number of aromatic nitrogens is 2. The summed E-state index contributed by atoms with van der Waals surface area (Å²) in [5, 5.41) is 13.2. The Kier molecular flexibility index (Phi) is 6.70. The number of H-pyrrole nitrogens is 1. The number of hydrogen-bond acceptors (Lipinski definition) is 5. The number of nitrogens with zero attached hydrogens (tertiary/aromatic N) is 2. The molecule has 2 rings (SSSR count). The molecule has 0 saturated heterocycles. The topological polar surface area (TPSA) is 117 Å². The van der Waals surface area contributed by atoms with Gasteiger partial charge in [0, 0.05) is 19.2 Å². The normalized spacial score (nSPS) is 11.4. The second-order valence-electron chi connectivity index (χ2n) is 6.10. The van der Waals surface area contributed by atoms with Crippen LogP contribution in [0.1, 0.15) is 45.6 Å². The second-order valence-corrected chi connectivity index (χ2v) is 6.10. The number of unbranched alkanes of at least 4 members (excludes halogenated alkanes) is 1. The fourth-order valence-electron chi connectivity index (χ4n) is 2.63. The summed E-state index contributed by atoms with van der Waals surface area (Å²) in [5.74, 6) is -0.543.